The van der Waals surface area contributed by atoms with Crippen LogP contribution < -0.4 is 19.5 Å². The molecule has 0 bridgehead atoms. The second-order valence-corrected chi connectivity index (χ2v) is 6.81. The van der Waals surface area contributed by atoms with Crippen molar-refractivity contribution in [3.63, 3.8) is 0 Å². The lowest BCUT2D eigenvalue weighted by atomic mass is 10.2. The Hall–Kier alpha value is -2.85. The third-order valence-corrected chi connectivity index (χ3v) is 4.68. The molecule has 0 aromatic heterocycles. The molecule has 0 amide bonds. The summed E-state index contributed by atoms with van der Waals surface area (Å²) in [6.07, 6.45) is 0. The van der Waals surface area contributed by atoms with Gasteiger partial charge in [0.05, 0.1) is 13.2 Å². The number of halogens is 1. The van der Waals surface area contributed by atoms with Crippen LogP contribution in [-0.4, -0.2) is 13.2 Å². The van der Waals surface area contributed by atoms with Crippen molar-refractivity contribution in [1.29, 1.82) is 0 Å². The number of ether oxygens (including phenoxy) is 3. The second-order valence-electron chi connectivity index (χ2n) is 6.41. The van der Waals surface area contributed by atoms with E-state index in [2.05, 4.69) is 5.32 Å². The summed E-state index contributed by atoms with van der Waals surface area (Å²) in [5.74, 6) is 2.30. The summed E-state index contributed by atoms with van der Waals surface area (Å²) in [5.41, 5.74) is 3.08. The third-order valence-electron chi connectivity index (χ3n) is 4.31. The molecule has 0 spiro atoms. The highest BCUT2D eigenvalue weighted by Gasteiger charge is 2.08. The average molecular weight is 412 g/mol. The lowest BCUT2D eigenvalue weighted by molar-refractivity contribution is 0.269. The Kier molecular flexibility index (Phi) is 7.65. The highest BCUT2D eigenvalue weighted by molar-refractivity contribution is 6.31. The molecule has 0 fully saturated rings. The minimum absolute atomic E-state index is 0.392. The van der Waals surface area contributed by atoms with Gasteiger partial charge in [-0.2, -0.15) is 0 Å². The molecule has 4 nitrogen and oxygen atoms in total. The van der Waals surface area contributed by atoms with Crippen LogP contribution in [0.4, 0.5) is 5.69 Å². The molecule has 0 saturated heterocycles. The minimum atomic E-state index is 0.392. The SMILES string of the molecule is CCOc1ccc(NCc2ccc(OCc3ccccc3Cl)c(OCC)c2)cc1. The molecular weight excluding hydrogens is 386 g/mol. The van der Waals surface area contributed by atoms with E-state index in [1.807, 2.05) is 80.6 Å². The Balaban J connectivity index is 1.64. The Labute approximate surface area is 177 Å². The van der Waals surface area contributed by atoms with E-state index in [1.54, 1.807) is 0 Å². The van der Waals surface area contributed by atoms with Crippen molar-refractivity contribution in [3.8, 4) is 17.2 Å². The summed E-state index contributed by atoms with van der Waals surface area (Å²) >= 11 is 6.22. The zero-order chi connectivity index (χ0) is 20.5. The summed E-state index contributed by atoms with van der Waals surface area (Å²) in [5, 5.41) is 4.11. The van der Waals surface area contributed by atoms with Gasteiger partial charge < -0.3 is 19.5 Å². The number of anilines is 1. The smallest absolute Gasteiger partial charge is 0.161 e. The van der Waals surface area contributed by atoms with Crippen molar-refractivity contribution in [2.75, 3.05) is 18.5 Å². The summed E-state index contributed by atoms with van der Waals surface area (Å²) < 4.78 is 17.2. The molecule has 0 radical (unpaired) electrons. The first-order valence-electron chi connectivity index (χ1n) is 9.78. The quantitative estimate of drug-likeness (QED) is 0.423. The molecule has 29 heavy (non-hydrogen) atoms. The van der Waals surface area contributed by atoms with Gasteiger partial charge >= 0.3 is 0 Å². The van der Waals surface area contributed by atoms with Crippen LogP contribution >= 0.6 is 11.6 Å². The molecule has 3 aromatic rings. The maximum Gasteiger partial charge on any atom is 0.161 e. The van der Waals surface area contributed by atoms with Crippen molar-refractivity contribution in [2.45, 2.75) is 27.0 Å². The third kappa shape index (κ3) is 6.06. The molecule has 3 rings (SSSR count). The van der Waals surface area contributed by atoms with Gasteiger partial charge in [-0.05, 0) is 61.9 Å². The Morgan fingerprint density at radius 1 is 0.793 bits per heavy atom. The van der Waals surface area contributed by atoms with E-state index in [0.29, 0.717) is 37.1 Å². The Bertz CT molecular complexity index is 912. The van der Waals surface area contributed by atoms with E-state index in [1.165, 1.54) is 0 Å². The predicted octanol–water partition coefficient (Wildman–Crippen LogP) is 6.33. The van der Waals surface area contributed by atoms with Crippen LogP contribution in [0.3, 0.4) is 0 Å². The molecule has 0 aliphatic rings. The molecule has 5 heteroatoms. The van der Waals surface area contributed by atoms with Crippen molar-refractivity contribution >= 4 is 17.3 Å². The highest BCUT2D eigenvalue weighted by atomic mass is 35.5. The van der Waals surface area contributed by atoms with Crippen LogP contribution in [0.25, 0.3) is 0 Å². The average Bonchev–Trinajstić information content (AvgIpc) is 2.74. The molecule has 0 heterocycles. The molecule has 1 N–H and O–H groups in total. The zero-order valence-electron chi connectivity index (χ0n) is 16.8. The number of nitrogens with one attached hydrogen (secondary N) is 1. The lowest BCUT2D eigenvalue weighted by Crippen LogP contribution is -2.03. The van der Waals surface area contributed by atoms with Gasteiger partial charge in [0.1, 0.15) is 12.4 Å². The van der Waals surface area contributed by atoms with Crippen molar-refractivity contribution in [1.82, 2.24) is 0 Å². The number of benzene rings is 3. The second kappa shape index (κ2) is 10.6. The number of rotatable bonds is 10. The molecule has 0 saturated carbocycles. The van der Waals surface area contributed by atoms with Gasteiger partial charge in [0.25, 0.3) is 0 Å². The molecule has 0 atom stereocenters. The normalized spacial score (nSPS) is 10.4. The van der Waals surface area contributed by atoms with E-state index in [0.717, 1.165) is 28.3 Å². The monoisotopic (exact) mass is 411 g/mol. The van der Waals surface area contributed by atoms with Crippen LogP contribution in [0.5, 0.6) is 17.2 Å². The van der Waals surface area contributed by atoms with Gasteiger partial charge in [0, 0.05) is 22.8 Å². The van der Waals surface area contributed by atoms with E-state index in [-0.39, 0.29) is 0 Å². The van der Waals surface area contributed by atoms with E-state index >= 15 is 0 Å². The van der Waals surface area contributed by atoms with E-state index < -0.39 is 0 Å². The Morgan fingerprint density at radius 2 is 1.55 bits per heavy atom. The molecule has 152 valence electrons. The van der Waals surface area contributed by atoms with Gasteiger partial charge in [0.15, 0.2) is 11.5 Å². The topological polar surface area (TPSA) is 39.7 Å². The maximum atomic E-state index is 6.22. The largest absolute Gasteiger partial charge is 0.494 e. The molecular formula is C24H26ClNO3. The van der Waals surface area contributed by atoms with Gasteiger partial charge in [-0.25, -0.2) is 0 Å². The fourth-order valence-corrected chi connectivity index (χ4v) is 3.05. The summed E-state index contributed by atoms with van der Waals surface area (Å²) in [4.78, 5) is 0. The van der Waals surface area contributed by atoms with Crippen molar-refractivity contribution in [2.24, 2.45) is 0 Å². The van der Waals surface area contributed by atoms with Crippen LogP contribution in [0.2, 0.25) is 5.02 Å². The van der Waals surface area contributed by atoms with Crippen LogP contribution in [0, 0.1) is 0 Å². The summed E-state index contributed by atoms with van der Waals surface area (Å²) in [6, 6.07) is 21.6. The van der Waals surface area contributed by atoms with Gasteiger partial charge in [-0.3, -0.25) is 0 Å². The molecule has 0 aliphatic heterocycles. The first kappa shape index (κ1) is 20.9. The standard InChI is InChI=1S/C24H26ClNO3/c1-3-27-21-12-10-20(11-13-21)26-16-18-9-14-23(24(15-18)28-4-2)29-17-19-7-5-6-8-22(19)25/h5-15,26H,3-4,16-17H2,1-2H3. The zero-order valence-corrected chi connectivity index (χ0v) is 17.5. The summed E-state index contributed by atoms with van der Waals surface area (Å²) in [7, 11) is 0. The summed E-state index contributed by atoms with van der Waals surface area (Å²) in [6.45, 7) is 6.24. The lowest BCUT2D eigenvalue weighted by Gasteiger charge is -2.15. The van der Waals surface area contributed by atoms with Crippen LogP contribution in [0.1, 0.15) is 25.0 Å². The predicted molar refractivity (Wildman–Crippen MR) is 118 cm³/mol. The van der Waals surface area contributed by atoms with Gasteiger partial charge in [-0.1, -0.05) is 35.9 Å². The van der Waals surface area contributed by atoms with Crippen molar-refractivity contribution < 1.29 is 14.2 Å². The number of hydrogen-bond acceptors (Lipinski definition) is 4. The van der Waals surface area contributed by atoms with Gasteiger partial charge in [-0.15, -0.1) is 0 Å². The van der Waals surface area contributed by atoms with E-state index in [4.69, 9.17) is 25.8 Å². The minimum Gasteiger partial charge on any atom is -0.494 e. The first-order chi connectivity index (χ1) is 14.2. The molecule has 0 aliphatic carbocycles. The maximum absolute atomic E-state index is 6.22. The first-order valence-corrected chi connectivity index (χ1v) is 10.2. The highest BCUT2D eigenvalue weighted by Crippen LogP contribution is 2.30. The molecule has 3 aromatic carbocycles. The van der Waals surface area contributed by atoms with Gasteiger partial charge in [0.2, 0.25) is 0 Å². The van der Waals surface area contributed by atoms with Crippen LogP contribution in [0.15, 0.2) is 66.7 Å². The molecule has 0 unspecified atom stereocenters. The van der Waals surface area contributed by atoms with Crippen LogP contribution in [-0.2, 0) is 13.2 Å². The van der Waals surface area contributed by atoms with Crippen molar-refractivity contribution in [3.05, 3.63) is 82.9 Å². The number of hydrogen-bond donors (Lipinski definition) is 1. The fraction of sp³-hybridized carbons (Fsp3) is 0.250. The van der Waals surface area contributed by atoms with E-state index in [9.17, 15) is 0 Å². The Morgan fingerprint density at radius 3 is 2.28 bits per heavy atom. The fourth-order valence-electron chi connectivity index (χ4n) is 2.86.